The Morgan fingerprint density at radius 2 is 1.53 bits per heavy atom. The molecule has 3 aliphatic rings. The van der Waals surface area contributed by atoms with E-state index in [-0.39, 0.29) is 0 Å². The third-order valence-electron chi connectivity index (χ3n) is 9.22. The van der Waals surface area contributed by atoms with E-state index in [1.807, 2.05) is 0 Å². The topological polar surface area (TPSA) is 0 Å². The normalized spacial score (nSPS) is 25.3. The van der Waals surface area contributed by atoms with Crippen LogP contribution in [-0.4, -0.2) is 0 Å². The van der Waals surface area contributed by atoms with Crippen molar-refractivity contribution >= 4 is 0 Å². The Balaban J connectivity index is 0.000000287. The van der Waals surface area contributed by atoms with Crippen LogP contribution < -0.4 is 0 Å². The molecule has 5 atom stereocenters. The molecule has 0 N–H and O–H groups in total. The molecule has 43 heavy (non-hydrogen) atoms. The summed E-state index contributed by atoms with van der Waals surface area (Å²) in [6, 6.07) is 8.61. The van der Waals surface area contributed by atoms with Gasteiger partial charge < -0.3 is 0 Å². The van der Waals surface area contributed by atoms with E-state index in [1.54, 1.807) is 11.1 Å². The molecule has 0 radical (unpaired) electrons. The Kier molecular flexibility index (Phi) is 21.1. The SMILES string of the molecule is C/C=C/C1=CCC(C)CC1.C/C=C/Cc1cccc(C)c1.CCCC1C=C(C)C(C)CC1.CCCC1C=C(C)CC(C)C1. The first-order chi connectivity index (χ1) is 20.6. The van der Waals surface area contributed by atoms with Crippen molar-refractivity contribution in [2.24, 2.45) is 29.6 Å². The van der Waals surface area contributed by atoms with Crippen LogP contribution in [0.4, 0.5) is 0 Å². The van der Waals surface area contributed by atoms with E-state index in [2.05, 4.69) is 136 Å². The third kappa shape index (κ3) is 18.4. The van der Waals surface area contributed by atoms with E-state index in [0.717, 1.165) is 36.0 Å². The lowest BCUT2D eigenvalue weighted by atomic mass is 9.82. The molecule has 0 saturated heterocycles. The van der Waals surface area contributed by atoms with Crippen molar-refractivity contribution in [3.63, 3.8) is 0 Å². The summed E-state index contributed by atoms with van der Waals surface area (Å²) in [6.07, 6.45) is 32.0. The summed E-state index contributed by atoms with van der Waals surface area (Å²) in [5.74, 6) is 4.48. The lowest BCUT2D eigenvalue weighted by molar-refractivity contribution is 0.395. The highest BCUT2D eigenvalue weighted by Gasteiger charge is 2.16. The maximum absolute atomic E-state index is 2.50. The first kappa shape index (κ1) is 38.9. The van der Waals surface area contributed by atoms with Crippen LogP contribution in [0, 0.1) is 36.5 Å². The fourth-order valence-corrected chi connectivity index (χ4v) is 6.61. The minimum atomic E-state index is 0.850. The first-order valence-electron chi connectivity index (χ1n) is 18.0. The van der Waals surface area contributed by atoms with Crippen molar-refractivity contribution < 1.29 is 0 Å². The standard InChI is InChI=1S/2C11H20.C11H14.C10H16/c1-4-5-11-7-9(2)6-10(3)8-11;1-4-5-11-7-6-9(2)10(3)8-11;1-3-4-7-11-8-5-6-10(2)9-11;1-3-4-10-7-5-9(2)6-8-10/h7,10-11H,4-6,8H2,1-3H3;8-9,11H,4-7H2,1-3H3;3-6,8-9H,7H2,1-2H3;3-4,7,9H,5-6,8H2,1-2H3/b;;2*4-3+. The molecule has 0 bridgehead atoms. The van der Waals surface area contributed by atoms with Gasteiger partial charge in [-0.15, -0.1) is 0 Å². The van der Waals surface area contributed by atoms with Gasteiger partial charge in [0.25, 0.3) is 0 Å². The van der Waals surface area contributed by atoms with Gasteiger partial charge in [0.05, 0.1) is 0 Å². The highest BCUT2D eigenvalue weighted by atomic mass is 14.2. The lowest BCUT2D eigenvalue weighted by Gasteiger charge is -2.24. The van der Waals surface area contributed by atoms with Crippen LogP contribution in [0.3, 0.4) is 0 Å². The highest BCUT2D eigenvalue weighted by Crippen LogP contribution is 2.31. The zero-order valence-corrected chi connectivity index (χ0v) is 30.2. The van der Waals surface area contributed by atoms with Crippen molar-refractivity contribution in [2.75, 3.05) is 0 Å². The monoisotopic (exact) mass is 587 g/mol. The third-order valence-corrected chi connectivity index (χ3v) is 9.22. The van der Waals surface area contributed by atoms with E-state index < -0.39 is 0 Å². The Hall–Kier alpha value is -2.08. The smallest absolute Gasteiger partial charge is 0.00975 e. The number of allylic oxidation sites excluding steroid dienone is 10. The van der Waals surface area contributed by atoms with Gasteiger partial charge >= 0.3 is 0 Å². The van der Waals surface area contributed by atoms with Crippen molar-refractivity contribution in [3.8, 4) is 0 Å². The number of aryl methyl sites for hydroxylation is 1. The predicted octanol–water partition coefficient (Wildman–Crippen LogP) is 14.0. The molecule has 3 aliphatic carbocycles. The Morgan fingerprint density at radius 1 is 0.814 bits per heavy atom. The molecule has 0 fully saturated rings. The fourth-order valence-electron chi connectivity index (χ4n) is 6.61. The molecule has 1 aromatic carbocycles. The average molecular weight is 587 g/mol. The molecule has 1 aromatic rings. The molecule has 0 heterocycles. The van der Waals surface area contributed by atoms with E-state index in [0.29, 0.717) is 0 Å². The molecule has 0 amide bonds. The van der Waals surface area contributed by atoms with Gasteiger partial charge in [-0.2, -0.15) is 0 Å². The zero-order chi connectivity index (χ0) is 32.0. The van der Waals surface area contributed by atoms with Crippen molar-refractivity contribution in [2.45, 2.75) is 146 Å². The number of hydrogen-bond donors (Lipinski definition) is 0. The number of rotatable bonds is 7. The molecule has 5 unspecified atom stereocenters. The summed E-state index contributed by atoms with van der Waals surface area (Å²) >= 11 is 0. The molecule has 0 nitrogen and oxygen atoms in total. The van der Waals surface area contributed by atoms with Crippen LogP contribution in [0.1, 0.15) is 144 Å². The molecule has 0 saturated carbocycles. The van der Waals surface area contributed by atoms with Crippen molar-refractivity contribution in [3.05, 3.63) is 94.6 Å². The number of benzene rings is 1. The largest absolute Gasteiger partial charge is 0.0913 e. The van der Waals surface area contributed by atoms with Gasteiger partial charge in [-0.1, -0.05) is 137 Å². The van der Waals surface area contributed by atoms with Crippen LogP contribution in [0.2, 0.25) is 0 Å². The zero-order valence-electron chi connectivity index (χ0n) is 30.2. The Bertz CT molecular complexity index is 1010. The van der Waals surface area contributed by atoms with Gasteiger partial charge in [-0.3, -0.25) is 0 Å². The Morgan fingerprint density at radius 3 is 2.09 bits per heavy atom. The quantitative estimate of drug-likeness (QED) is 0.279. The maximum atomic E-state index is 2.50. The summed E-state index contributed by atoms with van der Waals surface area (Å²) < 4.78 is 0. The average Bonchev–Trinajstić information content (AvgIpc) is 2.96. The molecule has 0 aromatic heterocycles. The highest BCUT2D eigenvalue weighted by molar-refractivity contribution is 5.24. The van der Waals surface area contributed by atoms with Crippen LogP contribution in [0.15, 0.2) is 83.5 Å². The van der Waals surface area contributed by atoms with Crippen molar-refractivity contribution in [1.29, 1.82) is 0 Å². The summed E-state index contributed by atoms with van der Waals surface area (Å²) in [7, 11) is 0. The summed E-state index contributed by atoms with van der Waals surface area (Å²) in [5, 5.41) is 0. The van der Waals surface area contributed by atoms with Gasteiger partial charge in [0, 0.05) is 0 Å². The number of hydrogen-bond acceptors (Lipinski definition) is 0. The van der Waals surface area contributed by atoms with E-state index in [1.165, 1.54) is 87.3 Å². The van der Waals surface area contributed by atoms with Gasteiger partial charge in [0.15, 0.2) is 0 Å². The second-order valence-electron chi connectivity index (χ2n) is 14.0. The first-order valence-corrected chi connectivity index (χ1v) is 18.0. The van der Waals surface area contributed by atoms with Gasteiger partial charge in [-0.05, 0) is 134 Å². The molecule has 0 heteroatoms. The van der Waals surface area contributed by atoms with E-state index in [9.17, 15) is 0 Å². The Labute approximate surface area is 269 Å². The van der Waals surface area contributed by atoms with E-state index >= 15 is 0 Å². The summed E-state index contributed by atoms with van der Waals surface area (Å²) in [6.45, 7) is 22.4. The molecule has 242 valence electrons. The minimum absolute atomic E-state index is 0.850. The maximum Gasteiger partial charge on any atom is -0.00975 e. The fraction of sp³-hybridized carbons (Fsp3) is 0.628. The minimum Gasteiger partial charge on any atom is -0.0913 e. The van der Waals surface area contributed by atoms with Gasteiger partial charge in [-0.25, -0.2) is 0 Å². The molecular weight excluding hydrogens is 516 g/mol. The molecule has 0 spiro atoms. The van der Waals surface area contributed by atoms with Gasteiger partial charge in [0.1, 0.15) is 0 Å². The second kappa shape index (κ2) is 23.3. The van der Waals surface area contributed by atoms with Crippen LogP contribution in [0.25, 0.3) is 0 Å². The second-order valence-corrected chi connectivity index (χ2v) is 14.0. The van der Waals surface area contributed by atoms with Crippen molar-refractivity contribution in [1.82, 2.24) is 0 Å². The summed E-state index contributed by atoms with van der Waals surface area (Å²) in [4.78, 5) is 0. The van der Waals surface area contributed by atoms with Gasteiger partial charge in [0.2, 0.25) is 0 Å². The molecule has 0 aliphatic heterocycles. The molecular formula is C43H70. The molecule has 4 rings (SSSR count). The van der Waals surface area contributed by atoms with Crippen LogP contribution in [0.5, 0.6) is 0 Å². The lowest BCUT2D eigenvalue weighted by Crippen LogP contribution is -2.10. The summed E-state index contributed by atoms with van der Waals surface area (Å²) in [5.41, 5.74) is 7.49. The predicted molar refractivity (Wildman–Crippen MR) is 197 cm³/mol. The van der Waals surface area contributed by atoms with Crippen LogP contribution in [-0.2, 0) is 6.42 Å². The van der Waals surface area contributed by atoms with Crippen LogP contribution >= 0.6 is 0 Å². The van der Waals surface area contributed by atoms with E-state index in [4.69, 9.17) is 0 Å².